The van der Waals surface area contributed by atoms with Crippen LogP contribution in [0.5, 0.6) is 0 Å². The summed E-state index contributed by atoms with van der Waals surface area (Å²) in [6, 6.07) is 0. The number of esters is 1. The van der Waals surface area contributed by atoms with Gasteiger partial charge in [0.1, 0.15) is 30.5 Å². The van der Waals surface area contributed by atoms with Crippen LogP contribution in [0.3, 0.4) is 0 Å². The quantitative estimate of drug-likeness (QED) is 0.315. The minimum Gasteiger partial charge on any atom is -0.462 e. The topological polar surface area (TPSA) is 163 Å². The van der Waals surface area contributed by atoms with E-state index in [0.29, 0.717) is 19.3 Å². The van der Waals surface area contributed by atoms with Gasteiger partial charge in [-0.2, -0.15) is 0 Å². The largest absolute Gasteiger partial charge is 0.462 e. The van der Waals surface area contributed by atoms with Gasteiger partial charge >= 0.3 is 5.97 Å². The van der Waals surface area contributed by atoms with Gasteiger partial charge in [-0.3, -0.25) is 9.59 Å². The number of aliphatic hydroxyl groups is 5. The second-order valence-corrected chi connectivity index (χ2v) is 11.2. The maximum absolute atomic E-state index is 13.0. The Hall–Kier alpha value is -1.66. The lowest BCUT2D eigenvalue weighted by Crippen LogP contribution is -2.60. The van der Waals surface area contributed by atoms with E-state index in [1.165, 1.54) is 0 Å². The zero-order chi connectivity index (χ0) is 29.4. The molecule has 10 nitrogen and oxygen atoms in total. The predicted molar refractivity (Wildman–Crippen MR) is 143 cm³/mol. The standard InChI is InChI=1S/C29H48O10/c1-7-19-12-16(4)20(31)10-9-15(3)11-17(5)22(8-2)37-24(33)13-21(32)18(6)28(19)39-29-27(36)26(35)25(34)23(14-30)38-29/h9-11,16-19,21-23,25-30,32,34-36H,7-8,12-14H2,1-6H3/b10-9+,15-11+/t16-,17+,18+,19?,21-,22-,23-,25-,26+,27-,28-,29-/m1/s1. The fraction of sp³-hybridized carbons (Fsp3) is 0.793. The van der Waals surface area contributed by atoms with Crippen LogP contribution in [-0.2, 0) is 23.8 Å². The first-order valence-corrected chi connectivity index (χ1v) is 14.1. The maximum atomic E-state index is 13.0. The van der Waals surface area contributed by atoms with Crippen LogP contribution in [0.1, 0.15) is 67.2 Å². The summed E-state index contributed by atoms with van der Waals surface area (Å²) in [4.78, 5) is 25.8. The highest BCUT2D eigenvalue weighted by Gasteiger charge is 2.46. The van der Waals surface area contributed by atoms with Crippen molar-refractivity contribution in [2.24, 2.45) is 23.7 Å². The second-order valence-electron chi connectivity index (χ2n) is 11.2. The van der Waals surface area contributed by atoms with Crippen LogP contribution in [0.25, 0.3) is 0 Å². The molecule has 0 aromatic carbocycles. The normalized spacial score (nSPS) is 43.8. The van der Waals surface area contributed by atoms with Gasteiger partial charge in [-0.05, 0) is 31.8 Å². The Kier molecular flexibility index (Phi) is 13.2. The number of hydrogen-bond acceptors (Lipinski definition) is 10. The van der Waals surface area contributed by atoms with Gasteiger partial charge in [-0.15, -0.1) is 0 Å². The molecule has 2 aliphatic rings. The lowest BCUT2D eigenvalue weighted by Gasteiger charge is -2.43. The van der Waals surface area contributed by atoms with Gasteiger partial charge in [0.15, 0.2) is 12.1 Å². The van der Waals surface area contributed by atoms with Crippen molar-refractivity contribution in [1.29, 1.82) is 0 Å². The summed E-state index contributed by atoms with van der Waals surface area (Å²) in [6.45, 7) is 10.5. The molecule has 0 radical (unpaired) electrons. The Labute approximate surface area is 231 Å². The zero-order valence-electron chi connectivity index (χ0n) is 24.0. The molecule has 0 bridgehead atoms. The molecule has 0 aromatic rings. The highest BCUT2D eigenvalue weighted by Crippen LogP contribution is 2.33. The molecule has 2 aliphatic heterocycles. The van der Waals surface area contributed by atoms with E-state index in [2.05, 4.69) is 0 Å². The van der Waals surface area contributed by atoms with E-state index < -0.39 is 67.5 Å². The summed E-state index contributed by atoms with van der Waals surface area (Å²) >= 11 is 0. The van der Waals surface area contributed by atoms with Gasteiger partial charge in [0, 0.05) is 17.8 Å². The van der Waals surface area contributed by atoms with Crippen LogP contribution >= 0.6 is 0 Å². The average Bonchev–Trinajstić information content (AvgIpc) is 2.90. The predicted octanol–water partition coefficient (Wildman–Crippen LogP) is 1.65. The summed E-state index contributed by atoms with van der Waals surface area (Å²) < 4.78 is 17.5. The van der Waals surface area contributed by atoms with Crippen molar-refractivity contribution < 1.29 is 49.3 Å². The summed E-state index contributed by atoms with van der Waals surface area (Å²) in [7, 11) is 0. The molecule has 0 spiro atoms. The highest BCUT2D eigenvalue weighted by molar-refractivity contribution is 5.91. The number of ketones is 1. The molecule has 0 amide bonds. The third-order valence-corrected chi connectivity index (χ3v) is 8.08. The molecular formula is C29H48O10. The fourth-order valence-electron chi connectivity index (χ4n) is 5.41. The van der Waals surface area contributed by atoms with Crippen molar-refractivity contribution in [1.82, 2.24) is 0 Å². The summed E-state index contributed by atoms with van der Waals surface area (Å²) in [5.74, 6) is -2.09. The smallest absolute Gasteiger partial charge is 0.308 e. The number of allylic oxidation sites excluding steroid dienone is 3. The van der Waals surface area contributed by atoms with Gasteiger partial charge in [-0.25, -0.2) is 0 Å². The lowest BCUT2D eigenvalue weighted by molar-refractivity contribution is -0.321. The van der Waals surface area contributed by atoms with Crippen molar-refractivity contribution >= 4 is 11.8 Å². The molecule has 224 valence electrons. The number of hydrogen-bond donors (Lipinski definition) is 5. The number of rotatable bonds is 5. The van der Waals surface area contributed by atoms with Gasteiger partial charge in [0.05, 0.1) is 25.2 Å². The van der Waals surface area contributed by atoms with Crippen LogP contribution in [0, 0.1) is 23.7 Å². The molecule has 0 aromatic heterocycles. The average molecular weight is 557 g/mol. The number of aliphatic hydroxyl groups excluding tert-OH is 5. The first kappa shape index (κ1) is 33.5. The van der Waals surface area contributed by atoms with E-state index >= 15 is 0 Å². The molecule has 5 N–H and O–H groups in total. The number of ether oxygens (including phenoxy) is 3. The number of cyclic esters (lactones) is 1. The third kappa shape index (κ3) is 8.91. The Morgan fingerprint density at radius 2 is 1.62 bits per heavy atom. The van der Waals surface area contributed by atoms with E-state index in [9.17, 15) is 35.1 Å². The van der Waals surface area contributed by atoms with Gasteiger partial charge in [0.2, 0.25) is 0 Å². The first-order valence-electron chi connectivity index (χ1n) is 14.1. The molecule has 2 rings (SSSR count). The lowest BCUT2D eigenvalue weighted by atomic mass is 9.80. The molecule has 2 heterocycles. The minimum absolute atomic E-state index is 0.0702. The highest BCUT2D eigenvalue weighted by atomic mass is 16.7. The van der Waals surface area contributed by atoms with Crippen molar-refractivity contribution in [3.63, 3.8) is 0 Å². The third-order valence-electron chi connectivity index (χ3n) is 8.08. The summed E-state index contributed by atoms with van der Waals surface area (Å²) in [6.07, 6.45) is -3.30. The maximum Gasteiger partial charge on any atom is 0.308 e. The molecule has 0 aliphatic carbocycles. The van der Waals surface area contributed by atoms with Crippen LogP contribution < -0.4 is 0 Å². The van der Waals surface area contributed by atoms with Crippen LogP contribution in [0.2, 0.25) is 0 Å². The van der Waals surface area contributed by atoms with Gasteiger partial charge < -0.3 is 39.7 Å². The van der Waals surface area contributed by atoms with Crippen LogP contribution in [0.15, 0.2) is 23.8 Å². The summed E-state index contributed by atoms with van der Waals surface area (Å²) in [5, 5.41) is 51.7. The second kappa shape index (κ2) is 15.4. The molecular weight excluding hydrogens is 508 g/mol. The Balaban J connectivity index is 2.44. The Bertz CT molecular complexity index is 855. The van der Waals surface area contributed by atoms with Crippen molar-refractivity contribution in [3.8, 4) is 0 Å². The minimum atomic E-state index is -1.63. The number of carbonyl (C=O) groups is 2. The first-order chi connectivity index (χ1) is 18.3. The molecule has 12 atom stereocenters. The van der Waals surface area contributed by atoms with E-state index in [4.69, 9.17) is 14.2 Å². The van der Waals surface area contributed by atoms with E-state index in [1.807, 2.05) is 40.7 Å². The molecule has 1 fully saturated rings. The van der Waals surface area contributed by atoms with E-state index in [0.717, 1.165) is 5.57 Å². The fourth-order valence-corrected chi connectivity index (χ4v) is 5.41. The molecule has 39 heavy (non-hydrogen) atoms. The van der Waals surface area contributed by atoms with E-state index in [1.54, 1.807) is 19.1 Å². The van der Waals surface area contributed by atoms with E-state index in [-0.39, 0.29) is 30.0 Å². The van der Waals surface area contributed by atoms with Gasteiger partial charge in [-0.1, -0.05) is 58.8 Å². The Morgan fingerprint density at radius 3 is 2.21 bits per heavy atom. The SMILES string of the molecule is CCC1C[C@@H](C)C(=O)/C=C/C(C)=C/[C@H](C)[C@@H](CC)OC(=O)C[C@@H](O)[C@H](C)[C@H]1O[C@H]1O[C@H](CO)[C@@H](O)[C@H](O)[C@H]1O. The van der Waals surface area contributed by atoms with Crippen LogP contribution in [-0.4, -0.2) is 92.9 Å². The van der Waals surface area contributed by atoms with Crippen molar-refractivity contribution in [2.45, 2.75) is 116 Å². The zero-order valence-corrected chi connectivity index (χ0v) is 24.0. The monoisotopic (exact) mass is 556 g/mol. The van der Waals surface area contributed by atoms with Crippen LogP contribution in [0.4, 0.5) is 0 Å². The van der Waals surface area contributed by atoms with Crippen molar-refractivity contribution in [2.75, 3.05) is 6.61 Å². The molecule has 0 saturated carbocycles. The summed E-state index contributed by atoms with van der Waals surface area (Å²) in [5.41, 5.74) is 0.870. The number of carbonyl (C=O) groups excluding carboxylic acids is 2. The molecule has 1 saturated heterocycles. The van der Waals surface area contributed by atoms with Crippen molar-refractivity contribution in [3.05, 3.63) is 23.8 Å². The van der Waals surface area contributed by atoms with Gasteiger partial charge in [0.25, 0.3) is 0 Å². The Morgan fingerprint density at radius 1 is 0.949 bits per heavy atom. The molecule has 10 heteroatoms. The molecule has 1 unspecified atom stereocenters.